The van der Waals surface area contributed by atoms with Crippen molar-refractivity contribution in [3.63, 3.8) is 0 Å². The molecule has 16 heavy (non-hydrogen) atoms. The first-order valence-electron chi connectivity index (χ1n) is 4.84. The van der Waals surface area contributed by atoms with Gasteiger partial charge in [-0.15, -0.1) is 0 Å². The number of carbonyl (C=O) groups excluding carboxylic acids is 1. The zero-order valence-corrected chi connectivity index (χ0v) is 10.4. The van der Waals surface area contributed by atoms with Gasteiger partial charge in [0.1, 0.15) is 4.75 Å². The van der Waals surface area contributed by atoms with Gasteiger partial charge in [-0.3, -0.25) is 4.79 Å². The first-order valence-corrected chi connectivity index (χ1v) is 6.74. The molecule has 1 amide bonds. The Labute approximate surface area is 95.2 Å². The predicted molar refractivity (Wildman–Crippen MR) is 61.6 cm³/mol. The standard InChI is InChI=1S/C10H16N2O3S/c1-10(2,16(3,14)15)9(13)12-7-8-4-5-11-6-8/h4-6,11H,7H2,1-3H3,(H,12,13). The quantitative estimate of drug-likeness (QED) is 0.807. The predicted octanol–water partition coefficient (Wildman–Crippen LogP) is 0.454. The summed E-state index contributed by atoms with van der Waals surface area (Å²) in [6, 6.07) is 1.81. The fourth-order valence-corrected chi connectivity index (χ4v) is 1.44. The molecule has 0 aromatic carbocycles. The van der Waals surface area contributed by atoms with Gasteiger partial charge in [-0.05, 0) is 25.5 Å². The number of rotatable bonds is 4. The summed E-state index contributed by atoms with van der Waals surface area (Å²) in [4.78, 5) is 14.6. The zero-order valence-electron chi connectivity index (χ0n) is 9.57. The molecule has 90 valence electrons. The van der Waals surface area contributed by atoms with Crippen LogP contribution < -0.4 is 5.32 Å². The second-order valence-electron chi connectivity index (χ2n) is 4.18. The van der Waals surface area contributed by atoms with Crippen molar-refractivity contribution in [3.8, 4) is 0 Å². The van der Waals surface area contributed by atoms with Crippen LogP contribution in [0.1, 0.15) is 19.4 Å². The van der Waals surface area contributed by atoms with Crippen LogP contribution in [-0.2, 0) is 21.2 Å². The summed E-state index contributed by atoms with van der Waals surface area (Å²) in [5.74, 6) is -0.490. The SMILES string of the molecule is CC(C)(C(=O)NCc1cc[nH]c1)S(C)(=O)=O. The lowest BCUT2D eigenvalue weighted by Crippen LogP contribution is -2.47. The monoisotopic (exact) mass is 244 g/mol. The van der Waals surface area contributed by atoms with Gasteiger partial charge < -0.3 is 10.3 Å². The van der Waals surface area contributed by atoms with Crippen molar-refractivity contribution in [3.05, 3.63) is 24.0 Å². The Morgan fingerprint density at radius 3 is 2.56 bits per heavy atom. The Morgan fingerprint density at radius 1 is 1.50 bits per heavy atom. The molecule has 0 aliphatic carbocycles. The molecule has 0 spiro atoms. The third-order valence-electron chi connectivity index (χ3n) is 2.59. The molecule has 1 rings (SSSR count). The fourth-order valence-electron chi connectivity index (χ4n) is 1.03. The second-order valence-corrected chi connectivity index (χ2v) is 6.75. The van der Waals surface area contributed by atoms with Crippen LogP contribution in [0.25, 0.3) is 0 Å². The van der Waals surface area contributed by atoms with Gasteiger partial charge in [0.05, 0.1) is 0 Å². The third-order valence-corrected chi connectivity index (χ3v) is 4.63. The molecule has 1 heterocycles. The molecule has 2 N–H and O–H groups in total. The third kappa shape index (κ3) is 2.63. The van der Waals surface area contributed by atoms with E-state index < -0.39 is 20.5 Å². The molecule has 1 aromatic rings. The summed E-state index contributed by atoms with van der Waals surface area (Å²) in [7, 11) is -3.41. The smallest absolute Gasteiger partial charge is 0.241 e. The Hall–Kier alpha value is -1.30. The highest BCUT2D eigenvalue weighted by atomic mass is 32.2. The molecule has 0 saturated heterocycles. The maximum Gasteiger partial charge on any atom is 0.241 e. The van der Waals surface area contributed by atoms with Crippen molar-refractivity contribution in [1.82, 2.24) is 10.3 Å². The Bertz CT molecular complexity index is 460. The topological polar surface area (TPSA) is 79.0 Å². The lowest BCUT2D eigenvalue weighted by molar-refractivity contribution is -0.123. The molecule has 0 bridgehead atoms. The van der Waals surface area contributed by atoms with E-state index in [1.807, 2.05) is 6.07 Å². The number of aromatic amines is 1. The fraction of sp³-hybridized carbons (Fsp3) is 0.500. The van der Waals surface area contributed by atoms with Crippen LogP contribution in [-0.4, -0.2) is 30.3 Å². The average molecular weight is 244 g/mol. The lowest BCUT2D eigenvalue weighted by atomic mass is 10.2. The van der Waals surface area contributed by atoms with E-state index in [9.17, 15) is 13.2 Å². The summed E-state index contributed by atoms with van der Waals surface area (Å²) in [5.41, 5.74) is 0.901. The Balaban J connectivity index is 2.66. The summed E-state index contributed by atoms with van der Waals surface area (Å²) < 4.78 is 21.4. The van der Waals surface area contributed by atoms with Crippen LogP contribution in [0.4, 0.5) is 0 Å². The van der Waals surface area contributed by atoms with Crippen LogP contribution in [0.2, 0.25) is 0 Å². The number of amides is 1. The highest BCUT2D eigenvalue weighted by Crippen LogP contribution is 2.15. The van der Waals surface area contributed by atoms with Crippen molar-refractivity contribution in [1.29, 1.82) is 0 Å². The van der Waals surface area contributed by atoms with E-state index in [1.165, 1.54) is 13.8 Å². The van der Waals surface area contributed by atoms with Crippen molar-refractivity contribution in [2.75, 3.05) is 6.26 Å². The van der Waals surface area contributed by atoms with E-state index in [2.05, 4.69) is 10.3 Å². The summed E-state index contributed by atoms with van der Waals surface area (Å²) >= 11 is 0. The van der Waals surface area contributed by atoms with Crippen LogP contribution in [0, 0.1) is 0 Å². The molecule has 0 aliphatic rings. The number of hydrogen-bond acceptors (Lipinski definition) is 3. The molecule has 1 aromatic heterocycles. The molecule has 0 saturated carbocycles. The first kappa shape index (κ1) is 12.8. The van der Waals surface area contributed by atoms with E-state index >= 15 is 0 Å². The minimum Gasteiger partial charge on any atom is -0.367 e. The lowest BCUT2D eigenvalue weighted by Gasteiger charge is -2.21. The maximum atomic E-state index is 11.7. The van der Waals surface area contributed by atoms with E-state index in [-0.39, 0.29) is 0 Å². The molecular formula is C10H16N2O3S. The van der Waals surface area contributed by atoms with Crippen molar-refractivity contribution in [2.24, 2.45) is 0 Å². The van der Waals surface area contributed by atoms with Gasteiger partial charge in [0.2, 0.25) is 5.91 Å². The molecule has 0 aliphatic heterocycles. The molecule has 0 fully saturated rings. The molecular weight excluding hydrogens is 228 g/mol. The summed E-state index contributed by atoms with van der Waals surface area (Å²) in [5, 5.41) is 2.59. The van der Waals surface area contributed by atoms with Crippen molar-refractivity contribution >= 4 is 15.7 Å². The molecule has 0 radical (unpaired) electrons. The molecule has 0 atom stereocenters. The van der Waals surface area contributed by atoms with Crippen LogP contribution in [0.3, 0.4) is 0 Å². The number of aromatic nitrogens is 1. The van der Waals surface area contributed by atoms with E-state index in [0.717, 1.165) is 11.8 Å². The number of carbonyl (C=O) groups is 1. The minimum absolute atomic E-state index is 0.321. The van der Waals surface area contributed by atoms with E-state index in [1.54, 1.807) is 12.4 Å². The Morgan fingerprint density at radius 2 is 2.12 bits per heavy atom. The minimum atomic E-state index is -3.41. The van der Waals surface area contributed by atoms with E-state index in [0.29, 0.717) is 6.54 Å². The van der Waals surface area contributed by atoms with Gasteiger partial charge >= 0.3 is 0 Å². The number of hydrogen-bond donors (Lipinski definition) is 2. The zero-order chi connectivity index (χ0) is 12.4. The van der Waals surface area contributed by atoms with Crippen LogP contribution in [0.15, 0.2) is 18.5 Å². The average Bonchev–Trinajstić information content (AvgIpc) is 2.64. The number of nitrogens with one attached hydrogen (secondary N) is 2. The van der Waals surface area contributed by atoms with Gasteiger partial charge in [0.25, 0.3) is 0 Å². The van der Waals surface area contributed by atoms with Crippen LogP contribution in [0.5, 0.6) is 0 Å². The van der Waals surface area contributed by atoms with Gasteiger partial charge in [-0.2, -0.15) is 0 Å². The highest BCUT2D eigenvalue weighted by molar-refractivity contribution is 7.92. The molecule has 5 nitrogen and oxygen atoms in total. The van der Waals surface area contributed by atoms with Gasteiger partial charge in [-0.1, -0.05) is 0 Å². The molecule has 6 heteroatoms. The second kappa shape index (κ2) is 4.29. The number of H-pyrrole nitrogens is 1. The summed E-state index contributed by atoms with van der Waals surface area (Å²) in [6.45, 7) is 3.12. The summed E-state index contributed by atoms with van der Waals surface area (Å²) in [6.07, 6.45) is 4.54. The first-order chi connectivity index (χ1) is 7.25. The Kier molecular flexibility index (Phi) is 3.42. The van der Waals surface area contributed by atoms with E-state index in [4.69, 9.17) is 0 Å². The number of sulfone groups is 1. The maximum absolute atomic E-state index is 11.7. The van der Waals surface area contributed by atoms with Gasteiger partial charge in [0.15, 0.2) is 9.84 Å². The van der Waals surface area contributed by atoms with Crippen molar-refractivity contribution in [2.45, 2.75) is 25.1 Å². The largest absolute Gasteiger partial charge is 0.367 e. The highest BCUT2D eigenvalue weighted by Gasteiger charge is 2.38. The van der Waals surface area contributed by atoms with Gasteiger partial charge in [0, 0.05) is 25.2 Å². The normalized spacial score (nSPS) is 12.4. The van der Waals surface area contributed by atoms with Crippen molar-refractivity contribution < 1.29 is 13.2 Å². The van der Waals surface area contributed by atoms with Crippen LogP contribution >= 0.6 is 0 Å². The molecule has 0 unspecified atom stereocenters. The van der Waals surface area contributed by atoms with Gasteiger partial charge in [-0.25, -0.2) is 8.42 Å².